The van der Waals surface area contributed by atoms with Crippen LogP contribution in [-0.4, -0.2) is 55.7 Å². The minimum atomic E-state index is -0.748. The first-order valence-electron chi connectivity index (χ1n) is 9.66. The molecule has 1 heterocycles. The number of aliphatic hydroxyl groups excluding tert-OH is 1. The number of ether oxygens (including phenoxy) is 3. The highest BCUT2D eigenvalue weighted by Crippen LogP contribution is 2.40. The van der Waals surface area contributed by atoms with Crippen LogP contribution in [0, 0.1) is 0 Å². The molecular formula is C23H25NO6. The number of carbonyl (C=O) groups excluding carboxylic acids is 2. The highest BCUT2D eigenvalue weighted by atomic mass is 16.5. The van der Waals surface area contributed by atoms with Gasteiger partial charge in [-0.3, -0.25) is 9.59 Å². The molecular weight excluding hydrogens is 386 g/mol. The van der Waals surface area contributed by atoms with Crippen LogP contribution in [0.2, 0.25) is 0 Å². The van der Waals surface area contributed by atoms with E-state index in [1.165, 1.54) is 12.0 Å². The number of Topliss-reactive ketones (excluding diaryl/α,β-unsaturated/α-hetero) is 1. The van der Waals surface area contributed by atoms with E-state index in [9.17, 15) is 14.7 Å². The van der Waals surface area contributed by atoms with E-state index in [0.717, 1.165) is 0 Å². The van der Waals surface area contributed by atoms with Gasteiger partial charge in [0.05, 0.1) is 31.9 Å². The summed E-state index contributed by atoms with van der Waals surface area (Å²) in [6.07, 6.45) is 0. The van der Waals surface area contributed by atoms with Gasteiger partial charge in [0.15, 0.2) is 0 Å². The van der Waals surface area contributed by atoms with E-state index in [1.807, 2.05) is 6.92 Å². The summed E-state index contributed by atoms with van der Waals surface area (Å²) in [5.74, 6) is -0.397. The maximum absolute atomic E-state index is 12.9. The predicted octanol–water partition coefficient (Wildman–Crippen LogP) is 3.16. The van der Waals surface area contributed by atoms with Gasteiger partial charge in [-0.1, -0.05) is 12.1 Å². The molecule has 1 aliphatic rings. The molecule has 1 saturated heterocycles. The molecule has 0 aromatic heterocycles. The fourth-order valence-corrected chi connectivity index (χ4v) is 3.49. The van der Waals surface area contributed by atoms with E-state index < -0.39 is 17.7 Å². The molecule has 1 fully saturated rings. The SMILES string of the molecule is CCOc1ccc(C(O)=C2C(=O)C(=O)N(CCOC)C2c2cccc(OC)c2)cc1. The summed E-state index contributed by atoms with van der Waals surface area (Å²) >= 11 is 0. The van der Waals surface area contributed by atoms with Crippen molar-refractivity contribution >= 4 is 17.4 Å². The number of amides is 1. The van der Waals surface area contributed by atoms with Crippen molar-refractivity contribution in [2.24, 2.45) is 0 Å². The average molecular weight is 411 g/mol. The standard InChI is InChI=1S/C23H25NO6/c1-4-30-17-10-8-15(9-11-17)21(25)19-20(16-6-5-7-18(14-16)29-3)24(12-13-28-2)23(27)22(19)26/h5-11,14,20,25H,4,12-13H2,1-3H3. The van der Waals surface area contributed by atoms with Crippen LogP contribution >= 0.6 is 0 Å². The minimum Gasteiger partial charge on any atom is -0.507 e. The van der Waals surface area contributed by atoms with Crippen molar-refractivity contribution in [2.45, 2.75) is 13.0 Å². The Morgan fingerprint density at radius 2 is 1.80 bits per heavy atom. The van der Waals surface area contributed by atoms with Crippen LogP contribution in [0.15, 0.2) is 54.1 Å². The monoisotopic (exact) mass is 411 g/mol. The van der Waals surface area contributed by atoms with E-state index in [1.54, 1.807) is 55.6 Å². The lowest BCUT2D eigenvalue weighted by atomic mass is 9.95. The van der Waals surface area contributed by atoms with Gasteiger partial charge >= 0.3 is 0 Å². The number of benzene rings is 2. The summed E-state index contributed by atoms with van der Waals surface area (Å²) in [6, 6.07) is 13.1. The quantitative estimate of drug-likeness (QED) is 0.408. The highest BCUT2D eigenvalue weighted by Gasteiger charge is 2.45. The Balaban J connectivity index is 2.11. The zero-order chi connectivity index (χ0) is 21.7. The number of nitrogens with zero attached hydrogens (tertiary/aromatic N) is 1. The van der Waals surface area contributed by atoms with E-state index in [2.05, 4.69) is 0 Å². The first-order chi connectivity index (χ1) is 14.5. The Labute approximate surface area is 175 Å². The fraction of sp³-hybridized carbons (Fsp3) is 0.304. The van der Waals surface area contributed by atoms with E-state index in [4.69, 9.17) is 14.2 Å². The van der Waals surface area contributed by atoms with Gasteiger partial charge in [0.2, 0.25) is 0 Å². The predicted molar refractivity (Wildman–Crippen MR) is 111 cm³/mol. The molecule has 158 valence electrons. The van der Waals surface area contributed by atoms with Crippen molar-refractivity contribution in [3.8, 4) is 11.5 Å². The molecule has 0 radical (unpaired) electrons. The topological polar surface area (TPSA) is 85.3 Å². The Bertz CT molecular complexity index is 950. The summed E-state index contributed by atoms with van der Waals surface area (Å²) in [4.78, 5) is 27.1. The number of hydrogen-bond donors (Lipinski definition) is 1. The number of rotatable bonds is 8. The molecule has 1 N–H and O–H groups in total. The Morgan fingerprint density at radius 3 is 2.43 bits per heavy atom. The third kappa shape index (κ3) is 4.16. The second-order valence-electron chi connectivity index (χ2n) is 6.72. The highest BCUT2D eigenvalue weighted by molar-refractivity contribution is 6.46. The number of hydrogen-bond acceptors (Lipinski definition) is 6. The van der Waals surface area contributed by atoms with Crippen molar-refractivity contribution in [1.82, 2.24) is 4.90 Å². The fourth-order valence-electron chi connectivity index (χ4n) is 3.49. The molecule has 0 spiro atoms. The van der Waals surface area contributed by atoms with Crippen LogP contribution in [0.3, 0.4) is 0 Å². The first kappa shape index (κ1) is 21.4. The van der Waals surface area contributed by atoms with Crippen LogP contribution in [0.5, 0.6) is 11.5 Å². The summed E-state index contributed by atoms with van der Waals surface area (Å²) in [7, 11) is 3.07. The number of aliphatic hydroxyl groups is 1. The van der Waals surface area contributed by atoms with Gasteiger partial charge in [0.25, 0.3) is 11.7 Å². The molecule has 30 heavy (non-hydrogen) atoms. The molecule has 1 aliphatic heterocycles. The normalized spacial score (nSPS) is 18.0. The van der Waals surface area contributed by atoms with Crippen molar-refractivity contribution in [3.05, 3.63) is 65.2 Å². The molecule has 2 aromatic carbocycles. The molecule has 0 saturated carbocycles. The van der Waals surface area contributed by atoms with Gasteiger partial charge in [0, 0.05) is 19.2 Å². The number of carbonyl (C=O) groups is 2. The first-order valence-corrected chi connectivity index (χ1v) is 9.66. The second-order valence-corrected chi connectivity index (χ2v) is 6.72. The summed E-state index contributed by atoms with van der Waals surface area (Å²) in [5.41, 5.74) is 1.13. The maximum atomic E-state index is 12.9. The van der Waals surface area contributed by atoms with Gasteiger partial charge in [-0.25, -0.2) is 0 Å². The van der Waals surface area contributed by atoms with Crippen LogP contribution in [0.1, 0.15) is 24.1 Å². The summed E-state index contributed by atoms with van der Waals surface area (Å²) in [5, 5.41) is 11.0. The Kier molecular flexibility index (Phi) is 6.74. The largest absolute Gasteiger partial charge is 0.507 e. The maximum Gasteiger partial charge on any atom is 0.295 e. The van der Waals surface area contributed by atoms with Gasteiger partial charge in [-0.15, -0.1) is 0 Å². The van der Waals surface area contributed by atoms with Gasteiger partial charge in [-0.2, -0.15) is 0 Å². The third-order valence-electron chi connectivity index (χ3n) is 4.92. The Morgan fingerprint density at radius 1 is 1.07 bits per heavy atom. The van der Waals surface area contributed by atoms with Crippen LogP contribution < -0.4 is 9.47 Å². The van der Waals surface area contributed by atoms with Crippen molar-refractivity contribution in [2.75, 3.05) is 34.0 Å². The summed E-state index contributed by atoms with van der Waals surface area (Å²) < 4.78 is 15.8. The lowest BCUT2D eigenvalue weighted by Crippen LogP contribution is -2.32. The third-order valence-corrected chi connectivity index (χ3v) is 4.92. The average Bonchev–Trinajstić information content (AvgIpc) is 3.02. The summed E-state index contributed by atoms with van der Waals surface area (Å²) in [6.45, 7) is 2.87. The molecule has 0 aliphatic carbocycles. The van der Waals surface area contributed by atoms with Crippen molar-refractivity contribution in [3.63, 3.8) is 0 Å². The zero-order valence-corrected chi connectivity index (χ0v) is 17.3. The van der Waals surface area contributed by atoms with E-state index >= 15 is 0 Å². The van der Waals surface area contributed by atoms with Crippen molar-refractivity contribution < 1.29 is 28.9 Å². The van der Waals surface area contributed by atoms with E-state index in [0.29, 0.717) is 29.2 Å². The lowest BCUT2D eigenvalue weighted by Gasteiger charge is -2.25. The van der Waals surface area contributed by atoms with Gasteiger partial charge in [-0.05, 0) is 48.9 Å². The van der Waals surface area contributed by atoms with Crippen LogP contribution in [0.4, 0.5) is 0 Å². The van der Waals surface area contributed by atoms with Gasteiger partial charge < -0.3 is 24.2 Å². The molecule has 1 amide bonds. The molecule has 7 heteroatoms. The minimum absolute atomic E-state index is 0.0357. The Hall–Kier alpha value is -3.32. The number of ketones is 1. The molecule has 1 unspecified atom stereocenters. The molecule has 7 nitrogen and oxygen atoms in total. The van der Waals surface area contributed by atoms with Crippen LogP contribution in [0.25, 0.3) is 5.76 Å². The van der Waals surface area contributed by atoms with E-state index in [-0.39, 0.29) is 24.5 Å². The van der Waals surface area contributed by atoms with Crippen molar-refractivity contribution in [1.29, 1.82) is 0 Å². The smallest absolute Gasteiger partial charge is 0.295 e. The number of likely N-dealkylation sites (tertiary alicyclic amines) is 1. The molecule has 1 atom stereocenters. The van der Waals surface area contributed by atoms with Gasteiger partial charge in [0.1, 0.15) is 17.3 Å². The number of methoxy groups -OCH3 is 2. The van der Waals surface area contributed by atoms with Crippen LogP contribution in [-0.2, 0) is 14.3 Å². The molecule has 0 bridgehead atoms. The second kappa shape index (κ2) is 9.45. The molecule has 3 rings (SSSR count). The zero-order valence-electron chi connectivity index (χ0n) is 17.3. The molecule has 2 aromatic rings. The lowest BCUT2D eigenvalue weighted by molar-refractivity contribution is -0.140.